The highest BCUT2D eigenvalue weighted by Gasteiger charge is 2.05. The molecule has 2 rings (SSSR count). The highest BCUT2D eigenvalue weighted by atomic mass is 16.5. The summed E-state index contributed by atoms with van der Waals surface area (Å²) >= 11 is 0. The summed E-state index contributed by atoms with van der Waals surface area (Å²) in [5, 5.41) is 3.08. The summed E-state index contributed by atoms with van der Waals surface area (Å²) in [7, 11) is 1.61. The fourth-order valence-corrected chi connectivity index (χ4v) is 1.48. The van der Waals surface area contributed by atoms with Crippen molar-refractivity contribution in [3.05, 3.63) is 41.9 Å². The zero-order valence-electron chi connectivity index (χ0n) is 10.2. The minimum absolute atomic E-state index is 0.427. The summed E-state index contributed by atoms with van der Waals surface area (Å²) in [6.07, 6.45) is 2.23. The second-order valence-electron chi connectivity index (χ2n) is 3.69. The Bertz CT molecular complexity index is 553. The van der Waals surface area contributed by atoms with Crippen molar-refractivity contribution in [2.24, 2.45) is 0 Å². The predicted molar refractivity (Wildman–Crippen MR) is 68.4 cm³/mol. The van der Waals surface area contributed by atoms with Crippen molar-refractivity contribution in [1.29, 1.82) is 0 Å². The number of hydrogen-bond donors (Lipinski definition) is 1. The van der Waals surface area contributed by atoms with Crippen LogP contribution >= 0.6 is 0 Å². The summed E-state index contributed by atoms with van der Waals surface area (Å²) in [4.78, 5) is 19.1. The molecule has 0 aliphatic carbocycles. The Labute approximate surface area is 105 Å². The van der Waals surface area contributed by atoms with Crippen molar-refractivity contribution >= 4 is 17.8 Å². The van der Waals surface area contributed by atoms with E-state index in [4.69, 9.17) is 4.74 Å². The van der Waals surface area contributed by atoms with E-state index >= 15 is 0 Å². The molecule has 2 aromatic rings. The van der Waals surface area contributed by atoms with Crippen LogP contribution in [0.4, 0.5) is 11.5 Å². The van der Waals surface area contributed by atoms with Gasteiger partial charge in [0, 0.05) is 11.9 Å². The Morgan fingerprint density at radius 1 is 1.28 bits per heavy atom. The fraction of sp³-hybridized carbons (Fsp3) is 0.154. The average Bonchev–Trinajstić information content (AvgIpc) is 2.40. The molecule has 0 atom stereocenters. The van der Waals surface area contributed by atoms with Gasteiger partial charge in [0.25, 0.3) is 0 Å². The smallest absolute Gasteiger partial charge is 0.155 e. The van der Waals surface area contributed by atoms with E-state index in [-0.39, 0.29) is 0 Å². The van der Waals surface area contributed by atoms with Crippen molar-refractivity contribution in [2.75, 3.05) is 12.4 Å². The molecule has 0 aliphatic heterocycles. The third-order valence-corrected chi connectivity index (χ3v) is 2.42. The van der Waals surface area contributed by atoms with Crippen LogP contribution < -0.4 is 10.1 Å². The number of aromatic nitrogens is 2. The van der Waals surface area contributed by atoms with E-state index in [0.29, 0.717) is 17.2 Å². The molecule has 0 saturated heterocycles. The van der Waals surface area contributed by atoms with Gasteiger partial charge < -0.3 is 10.1 Å². The monoisotopic (exact) mass is 243 g/mol. The lowest BCUT2D eigenvalue weighted by Crippen LogP contribution is -2.01. The van der Waals surface area contributed by atoms with Gasteiger partial charge >= 0.3 is 0 Å². The number of nitrogens with one attached hydrogen (secondary N) is 1. The highest BCUT2D eigenvalue weighted by molar-refractivity contribution is 5.83. The first-order valence-electron chi connectivity index (χ1n) is 5.43. The van der Waals surface area contributed by atoms with E-state index < -0.39 is 0 Å². The third kappa shape index (κ3) is 2.63. The van der Waals surface area contributed by atoms with Crippen molar-refractivity contribution in [3.8, 4) is 5.75 Å². The van der Waals surface area contributed by atoms with Crippen LogP contribution in [0.15, 0.2) is 30.5 Å². The largest absolute Gasteiger partial charge is 0.497 e. The summed E-state index contributed by atoms with van der Waals surface area (Å²) < 4.78 is 5.07. The number of ether oxygens (including phenoxy) is 1. The van der Waals surface area contributed by atoms with E-state index in [1.807, 2.05) is 24.3 Å². The summed E-state index contributed by atoms with van der Waals surface area (Å²) in [6.45, 7) is 1.77. The first-order valence-corrected chi connectivity index (χ1v) is 5.43. The van der Waals surface area contributed by atoms with Crippen LogP contribution in [0.25, 0.3) is 0 Å². The van der Waals surface area contributed by atoms with E-state index in [1.165, 1.54) is 6.20 Å². The van der Waals surface area contributed by atoms with Gasteiger partial charge in [0.05, 0.1) is 12.7 Å². The molecule has 1 aromatic carbocycles. The molecule has 0 aliphatic rings. The van der Waals surface area contributed by atoms with Crippen molar-refractivity contribution in [3.63, 3.8) is 0 Å². The van der Waals surface area contributed by atoms with Gasteiger partial charge in [-0.3, -0.25) is 4.79 Å². The second-order valence-corrected chi connectivity index (χ2v) is 3.69. The fourth-order valence-electron chi connectivity index (χ4n) is 1.48. The number of benzene rings is 1. The molecule has 0 spiro atoms. The maximum Gasteiger partial charge on any atom is 0.155 e. The van der Waals surface area contributed by atoms with Gasteiger partial charge in [0.2, 0.25) is 0 Å². The molecule has 0 unspecified atom stereocenters. The van der Waals surface area contributed by atoms with E-state index in [0.717, 1.165) is 17.7 Å². The minimum atomic E-state index is 0.427. The van der Waals surface area contributed by atoms with Crippen LogP contribution in [0.5, 0.6) is 5.75 Å². The number of anilines is 2. The zero-order valence-corrected chi connectivity index (χ0v) is 10.2. The molecular formula is C13H13N3O2. The van der Waals surface area contributed by atoms with Crippen LogP contribution in [0.2, 0.25) is 0 Å². The molecule has 5 heteroatoms. The number of aldehydes is 1. The van der Waals surface area contributed by atoms with Gasteiger partial charge in [-0.15, -0.1) is 0 Å². The standard InChI is InChI=1S/C13H13N3O2/c1-9-14-7-10(8-17)13(15-9)16-11-3-5-12(18-2)6-4-11/h3-8H,1-2H3,(H,14,15,16). The van der Waals surface area contributed by atoms with E-state index in [1.54, 1.807) is 14.0 Å². The lowest BCUT2D eigenvalue weighted by molar-refractivity contribution is 0.112. The summed E-state index contributed by atoms with van der Waals surface area (Å²) in [5.41, 5.74) is 1.26. The number of carbonyl (C=O) groups excluding carboxylic acids is 1. The molecule has 1 aromatic heterocycles. The van der Waals surface area contributed by atoms with Crippen molar-refractivity contribution in [2.45, 2.75) is 6.92 Å². The molecule has 1 heterocycles. The number of carbonyl (C=O) groups is 1. The van der Waals surface area contributed by atoms with Crippen LogP contribution in [-0.2, 0) is 0 Å². The molecule has 0 radical (unpaired) electrons. The first kappa shape index (κ1) is 12.0. The van der Waals surface area contributed by atoms with Gasteiger partial charge in [-0.1, -0.05) is 0 Å². The van der Waals surface area contributed by atoms with Crippen LogP contribution in [0.3, 0.4) is 0 Å². The summed E-state index contributed by atoms with van der Waals surface area (Å²) in [5.74, 6) is 1.88. The number of rotatable bonds is 4. The first-order chi connectivity index (χ1) is 8.72. The predicted octanol–water partition coefficient (Wildman–Crippen LogP) is 2.35. The van der Waals surface area contributed by atoms with Gasteiger partial charge in [0.15, 0.2) is 6.29 Å². The second kappa shape index (κ2) is 5.27. The Morgan fingerprint density at radius 2 is 2.00 bits per heavy atom. The molecule has 18 heavy (non-hydrogen) atoms. The quantitative estimate of drug-likeness (QED) is 0.835. The number of aryl methyl sites for hydroxylation is 1. The van der Waals surface area contributed by atoms with Crippen molar-refractivity contribution < 1.29 is 9.53 Å². The molecule has 0 fully saturated rings. The maximum atomic E-state index is 10.9. The highest BCUT2D eigenvalue weighted by Crippen LogP contribution is 2.20. The molecule has 0 amide bonds. The molecule has 0 bridgehead atoms. The molecule has 1 N–H and O–H groups in total. The topological polar surface area (TPSA) is 64.1 Å². The van der Waals surface area contributed by atoms with Crippen LogP contribution in [-0.4, -0.2) is 23.4 Å². The number of nitrogens with zero attached hydrogens (tertiary/aromatic N) is 2. The lowest BCUT2D eigenvalue weighted by atomic mass is 10.2. The normalized spacial score (nSPS) is 9.89. The number of methoxy groups -OCH3 is 1. The minimum Gasteiger partial charge on any atom is -0.497 e. The van der Waals surface area contributed by atoms with Gasteiger partial charge in [-0.2, -0.15) is 0 Å². The Hall–Kier alpha value is -2.43. The van der Waals surface area contributed by atoms with Crippen LogP contribution in [0, 0.1) is 6.92 Å². The van der Waals surface area contributed by atoms with Crippen molar-refractivity contribution in [1.82, 2.24) is 9.97 Å². The van der Waals surface area contributed by atoms with Crippen LogP contribution in [0.1, 0.15) is 16.2 Å². The molecule has 92 valence electrons. The van der Waals surface area contributed by atoms with Gasteiger partial charge in [-0.05, 0) is 31.2 Å². The Kier molecular flexibility index (Phi) is 3.52. The summed E-state index contributed by atoms with van der Waals surface area (Å²) in [6, 6.07) is 7.36. The Morgan fingerprint density at radius 3 is 2.61 bits per heavy atom. The molecule has 5 nitrogen and oxygen atoms in total. The Balaban J connectivity index is 2.27. The maximum absolute atomic E-state index is 10.9. The molecule has 0 saturated carbocycles. The number of hydrogen-bond acceptors (Lipinski definition) is 5. The van der Waals surface area contributed by atoms with Gasteiger partial charge in [0.1, 0.15) is 17.4 Å². The average molecular weight is 243 g/mol. The third-order valence-electron chi connectivity index (χ3n) is 2.42. The lowest BCUT2D eigenvalue weighted by Gasteiger charge is -2.08. The SMILES string of the molecule is COc1ccc(Nc2nc(C)ncc2C=O)cc1. The van der Waals surface area contributed by atoms with E-state index in [2.05, 4.69) is 15.3 Å². The molecular weight excluding hydrogens is 230 g/mol. The van der Waals surface area contributed by atoms with E-state index in [9.17, 15) is 4.79 Å². The zero-order chi connectivity index (χ0) is 13.0. The van der Waals surface area contributed by atoms with Gasteiger partial charge in [-0.25, -0.2) is 9.97 Å².